The molecule has 0 fully saturated rings. The summed E-state index contributed by atoms with van der Waals surface area (Å²) in [5, 5.41) is 2.99. The number of aromatic nitrogens is 1. The van der Waals surface area contributed by atoms with E-state index in [-0.39, 0.29) is 5.78 Å². The van der Waals surface area contributed by atoms with Crippen molar-refractivity contribution in [3.8, 4) is 0 Å². The summed E-state index contributed by atoms with van der Waals surface area (Å²) in [5.41, 5.74) is 3.29. The number of Topliss-reactive ketones (excluding diaryl/α,β-unsaturated/α-hetero) is 1. The normalized spacial score (nSPS) is 10.9. The summed E-state index contributed by atoms with van der Waals surface area (Å²) in [6, 6.07) is 8.33. The molecule has 0 amide bonds. The highest BCUT2D eigenvalue weighted by atomic mass is 32.1. The first-order valence-electron chi connectivity index (χ1n) is 6.56. The van der Waals surface area contributed by atoms with Crippen LogP contribution in [0.1, 0.15) is 41.6 Å². The Morgan fingerprint density at radius 1 is 1.21 bits per heavy atom. The average Bonchev–Trinajstić information content (AvgIpc) is 2.75. The van der Waals surface area contributed by atoms with E-state index in [2.05, 4.69) is 43.1 Å². The molecule has 0 unspecified atom stereocenters. The molecule has 0 N–H and O–H groups in total. The Bertz CT molecular complexity index is 554. The lowest BCUT2D eigenvalue weighted by Gasteiger charge is -2.06. The number of ketones is 1. The van der Waals surface area contributed by atoms with Gasteiger partial charge in [0.25, 0.3) is 0 Å². The molecular weight excluding hydrogens is 254 g/mol. The maximum Gasteiger partial charge on any atom is 0.143 e. The fourth-order valence-corrected chi connectivity index (χ4v) is 2.61. The van der Waals surface area contributed by atoms with Crippen LogP contribution in [0, 0.1) is 6.92 Å². The van der Waals surface area contributed by atoms with Crippen molar-refractivity contribution in [2.45, 2.75) is 39.5 Å². The van der Waals surface area contributed by atoms with E-state index in [1.54, 1.807) is 11.3 Å². The molecule has 0 atom stereocenters. The molecule has 2 nitrogen and oxygen atoms in total. The summed E-state index contributed by atoms with van der Waals surface area (Å²) in [4.78, 5) is 16.3. The number of benzene rings is 1. The number of carbonyl (C=O) groups is 1. The molecule has 0 aliphatic carbocycles. The number of aryl methyl sites for hydroxylation is 1. The first kappa shape index (κ1) is 13.9. The molecule has 0 aliphatic heterocycles. The summed E-state index contributed by atoms with van der Waals surface area (Å²) in [7, 11) is 0. The summed E-state index contributed by atoms with van der Waals surface area (Å²) in [5.74, 6) is 0.755. The molecule has 0 saturated heterocycles. The lowest BCUT2D eigenvalue weighted by Crippen LogP contribution is -2.07. The average molecular weight is 273 g/mol. The zero-order valence-corrected chi connectivity index (χ0v) is 12.5. The summed E-state index contributed by atoms with van der Waals surface area (Å²) < 4.78 is 0. The Labute approximate surface area is 118 Å². The van der Waals surface area contributed by atoms with Crippen LogP contribution in [0.5, 0.6) is 0 Å². The van der Waals surface area contributed by atoms with E-state index in [0.717, 1.165) is 16.3 Å². The van der Waals surface area contributed by atoms with Crippen LogP contribution in [0.3, 0.4) is 0 Å². The van der Waals surface area contributed by atoms with Crippen molar-refractivity contribution in [3.63, 3.8) is 0 Å². The maximum absolute atomic E-state index is 12.0. The van der Waals surface area contributed by atoms with Gasteiger partial charge in [-0.15, -0.1) is 11.3 Å². The van der Waals surface area contributed by atoms with Gasteiger partial charge in [-0.2, -0.15) is 0 Å². The monoisotopic (exact) mass is 273 g/mol. The third kappa shape index (κ3) is 4.00. The summed E-state index contributed by atoms with van der Waals surface area (Å²) >= 11 is 1.59. The van der Waals surface area contributed by atoms with E-state index in [9.17, 15) is 4.79 Å². The number of hydrogen-bond acceptors (Lipinski definition) is 3. The Balaban J connectivity index is 1.95. The van der Waals surface area contributed by atoms with Crippen LogP contribution in [0.4, 0.5) is 0 Å². The van der Waals surface area contributed by atoms with Gasteiger partial charge in [0.05, 0.1) is 10.7 Å². The van der Waals surface area contributed by atoms with Gasteiger partial charge in [0.1, 0.15) is 5.78 Å². The molecular formula is C16H19NOS. The molecule has 1 heterocycles. The highest BCUT2D eigenvalue weighted by molar-refractivity contribution is 7.09. The van der Waals surface area contributed by atoms with Gasteiger partial charge in [-0.25, -0.2) is 4.98 Å². The van der Waals surface area contributed by atoms with Crippen LogP contribution in [-0.4, -0.2) is 10.8 Å². The largest absolute Gasteiger partial charge is 0.299 e. The van der Waals surface area contributed by atoms with Crippen molar-refractivity contribution in [2.24, 2.45) is 0 Å². The van der Waals surface area contributed by atoms with Crippen LogP contribution >= 0.6 is 11.3 Å². The van der Waals surface area contributed by atoms with Crippen molar-refractivity contribution in [1.82, 2.24) is 4.98 Å². The number of rotatable bonds is 5. The first-order valence-corrected chi connectivity index (χ1v) is 7.44. The zero-order chi connectivity index (χ0) is 13.8. The fraction of sp³-hybridized carbons (Fsp3) is 0.375. The van der Waals surface area contributed by atoms with E-state index >= 15 is 0 Å². The Morgan fingerprint density at radius 2 is 1.89 bits per heavy atom. The quantitative estimate of drug-likeness (QED) is 0.826. The van der Waals surface area contributed by atoms with Gasteiger partial charge in [-0.05, 0) is 24.0 Å². The van der Waals surface area contributed by atoms with Crippen molar-refractivity contribution >= 4 is 17.1 Å². The molecule has 100 valence electrons. The van der Waals surface area contributed by atoms with Gasteiger partial charge in [-0.3, -0.25) is 4.79 Å². The Kier molecular flexibility index (Phi) is 4.48. The number of carbonyl (C=O) groups excluding carboxylic acids is 1. The van der Waals surface area contributed by atoms with Crippen molar-refractivity contribution < 1.29 is 4.79 Å². The predicted molar refractivity (Wildman–Crippen MR) is 79.8 cm³/mol. The number of thiazole rings is 1. The lowest BCUT2D eigenvalue weighted by atomic mass is 9.99. The van der Waals surface area contributed by atoms with Gasteiger partial charge in [-0.1, -0.05) is 38.1 Å². The molecule has 2 rings (SSSR count). The molecule has 0 spiro atoms. The lowest BCUT2D eigenvalue weighted by molar-refractivity contribution is -0.117. The van der Waals surface area contributed by atoms with Crippen molar-refractivity contribution in [3.05, 3.63) is 51.5 Å². The second-order valence-electron chi connectivity index (χ2n) is 5.15. The van der Waals surface area contributed by atoms with Gasteiger partial charge >= 0.3 is 0 Å². The van der Waals surface area contributed by atoms with E-state index in [1.165, 1.54) is 5.56 Å². The molecule has 0 aliphatic rings. The van der Waals surface area contributed by atoms with Crippen LogP contribution < -0.4 is 0 Å². The number of hydrogen-bond donors (Lipinski definition) is 0. The maximum atomic E-state index is 12.0. The van der Waals surface area contributed by atoms with E-state index < -0.39 is 0 Å². The molecule has 2 aromatic rings. The van der Waals surface area contributed by atoms with Gasteiger partial charge in [0, 0.05) is 18.2 Å². The van der Waals surface area contributed by atoms with Crippen molar-refractivity contribution in [1.29, 1.82) is 0 Å². The molecule has 3 heteroatoms. The summed E-state index contributed by atoms with van der Waals surface area (Å²) in [6.07, 6.45) is 0.936. The van der Waals surface area contributed by atoms with Gasteiger partial charge in [0.2, 0.25) is 0 Å². The van der Waals surface area contributed by atoms with Crippen molar-refractivity contribution in [2.75, 3.05) is 0 Å². The molecule has 0 saturated carbocycles. The second-order valence-corrected chi connectivity index (χ2v) is 6.21. The fourth-order valence-electron chi connectivity index (χ4n) is 2.00. The van der Waals surface area contributed by atoms with Gasteiger partial charge < -0.3 is 0 Å². The van der Waals surface area contributed by atoms with E-state index in [4.69, 9.17) is 0 Å². The third-order valence-electron chi connectivity index (χ3n) is 3.09. The predicted octanol–water partition coefficient (Wildman–Crippen LogP) is 3.93. The Morgan fingerprint density at radius 3 is 2.42 bits per heavy atom. The van der Waals surface area contributed by atoms with E-state index in [0.29, 0.717) is 18.8 Å². The molecule has 19 heavy (non-hydrogen) atoms. The summed E-state index contributed by atoms with van der Waals surface area (Å²) in [6.45, 7) is 6.30. The highest BCUT2D eigenvalue weighted by Gasteiger charge is 2.08. The minimum atomic E-state index is 0.225. The van der Waals surface area contributed by atoms with Crippen LogP contribution in [0.15, 0.2) is 29.6 Å². The van der Waals surface area contributed by atoms with Crippen LogP contribution in [0.25, 0.3) is 0 Å². The molecule has 0 radical (unpaired) electrons. The minimum absolute atomic E-state index is 0.225. The van der Waals surface area contributed by atoms with Crippen LogP contribution in [0.2, 0.25) is 0 Å². The van der Waals surface area contributed by atoms with Gasteiger partial charge in [0.15, 0.2) is 0 Å². The molecule has 1 aromatic heterocycles. The Hall–Kier alpha value is -1.48. The van der Waals surface area contributed by atoms with E-state index in [1.807, 2.05) is 12.3 Å². The molecule has 0 bridgehead atoms. The minimum Gasteiger partial charge on any atom is -0.299 e. The second kappa shape index (κ2) is 6.11. The number of nitrogens with zero attached hydrogens (tertiary/aromatic N) is 1. The first-order chi connectivity index (χ1) is 9.04. The van der Waals surface area contributed by atoms with Crippen LogP contribution in [-0.2, 0) is 17.6 Å². The SMILES string of the molecule is Cc1nc(CC(=O)Cc2ccc(C(C)C)cc2)cs1. The highest BCUT2D eigenvalue weighted by Crippen LogP contribution is 2.15. The molecule has 1 aromatic carbocycles. The third-order valence-corrected chi connectivity index (χ3v) is 3.91. The standard InChI is InChI=1S/C16H19NOS/c1-11(2)14-6-4-13(5-7-14)8-16(18)9-15-10-19-12(3)17-15/h4-7,10-11H,8-9H2,1-3H3. The zero-order valence-electron chi connectivity index (χ0n) is 11.6. The topological polar surface area (TPSA) is 30.0 Å². The smallest absolute Gasteiger partial charge is 0.143 e.